The third kappa shape index (κ3) is 3.78. The second-order valence-corrected chi connectivity index (χ2v) is 5.73. The number of halogens is 1. The molecule has 2 rings (SSSR count). The Bertz CT molecular complexity index is 427. The van der Waals surface area contributed by atoms with Crippen LogP contribution in [0.2, 0.25) is 0 Å². The van der Waals surface area contributed by atoms with Crippen molar-refractivity contribution in [3.63, 3.8) is 0 Å². The highest BCUT2D eigenvalue weighted by Gasteiger charge is 2.26. The molecule has 0 saturated heterocycles. The van der Waals surface area contributed by atoms with Gasteiger partial charge in [-0.1, -0.05) is 31.0 Å². The zero-order valence-corrected chi connectivity index (χ0v) is 12.0. The Morgan fingerprint density at radius 1 is 1.30 bits per heavy atom. The molecule has 3 nitrogen and oxygen atoms in total. The van der Waals surface area contributed by atoms with Gasteiger partial charge in [-0.25, -0.2) is 4.39 Å². The number of nitrogens with zero attached hydrogens (tertiary/aromatic N) is 1. The van der Waals surface area contributed by atoms with Gasteiger partial charge in [0, 0.05) is 18.2 Å². The molecule has 1 aliphatic rings. The number of hydrogen-bond acceptors (Lipinski definition) is 3. The van der Waals surface area contributed by atoms with Gasteiger partial charge in [0.05, 0.1) is 12.2 Å². The molecule has 1 aromatic rings. The van der Waals surface area contributed by atoms with Crippen LogP contribution in [0, 0.1) is 5.82 Å². The number of rotatable bonds is 5. The molecule has 0 heterocycles. The smallest absolute Gasteiger partial charge is 0.128 e. The number of aliphatic hydroxyl groups excluding tert-OH is 2. The van der Waals surface area contributed by atoms with E-state index < -0.39 is 6.10 Å². The van der Waals surface area contributed by atoms with Crippen molar-refractivity contribution in [1.82, 2.24) is 4.90 Å². The van der Waals surface area contributed by atoms with Crippen LogP contribution in [0.4, 0.5) is 4.39 Å². The van der Waals surface area contributed by atoms with Gasteiger partial charge in [-0.2, -0.15) is 0 Å². The lowest BCUT2D eigenvalue weighted by Crippen LogP contribution is -2.43. The third-order valence-corrected chi connectivity index (χ3v) is 4.28. The molecule has 1 aromatic carbocycles. The summed E-state index contributed by atoms with van der Waals surface area (Å²) in [6.07, 6.45) is 3.48. The molecule has 20 heavy (non-hydrogen) atoms. The average molecular weight is 281 g/mol. The number of hydrogen-bond donors (Lipinski definition) is 2. The Kier molecular flexibility index (Phi) is 5.52. The van der Waals surface area contributed by atoms with Gasteiger partial charge in [0.1, 0.15) is 5.82 Å². The van der Waals surface area contributed by atoms with Crippen molar-refractivity contribution in [1.29, 1.82) is 0 Å². The minimum atomic E-state index is -0.792. The van der Waals surface area contributed by atoms with Crippen LogP contribution in [0.15, 0.2) is 24.3 Å². The van der Waals surface area contributed by atoms with Crippen LogP contribution in [0.25, 0.3) is 0 Å². The zero-order valence-electron chi connectivity index (χ0n) is 12.0. The van der Waals surface area contributed by atoms with Gasteiger partial charge in [0.15, 0.2) is 0 Å². The van der Waals surface area contributed by atoms with Gasteiger partial charge in [0.25, 0.3) is 0 Å². The predicted octanol–water partition coefficient (Wildman–Crippen LogP) is 2.48. The normalized spacial score (nSPS) is 24.9. The molecule has 0 amide bonds. The number of benzene rings is 1. The van der Waals surface area contributed by atoms with E-state index in [4.69, 9.17) is 0 Å². The van der Waals surface area contributed by atoms with Crippen LogP contribution in [0.1, 0.15) is 43.8 Å². The summed E-state index contributed by atoms with van der Waals surface area (Å²) in [7, 11) is 1.97. The Morgan fingerprint density at radius 2 is 2.00 bits per heavy atom. The summed E-state index contributed by atoms with van der Waals surface area (Å²) in [6, 6.07) is 6.51. The summed E-state index contributed by atoms with van der Waals surface area (Å²) in [5.74, 6) is -0.361. The Morgan fingerprint density at radius 3 is 2.70 bits per heavy atom. The fourth-order valence-corrected chi connectivity index (χ4v) is 3.00. The molecule has 4 heteroatoms. The van der Waals surface area contributed by atoms with Crippen molar-refractivity contribution in [2.45, 2.75) is 50.4 Å². The zero-order chi connectivity index (χ0) is 14.5. The molecular formula is C16H24FNO2. The van der Waals surface area contributed by atoms with Crippen molar-refractivity contribution in [2.24, 2.45) is 0 Å². The maximum absolute atomic E-state index is 13.6. The molecule has 1 aliphatic carbocycles. The van der Waals surface area contributed by atoms with Crippen molar-refractivity contribution < 1.29 is 14.6 Å². The molecular weight excluding hydrogens is 257 g/mol. The highest BCUT2D eigenvalue weighted by atomic mass is 19.1. The van der Waals surface area contributed by atoms with Gasteiger partial charge in [-0.05, 0) is 32.4 Å². The molecule has 0 aromatic heterocycles. The van der Waals surface area contributed by atoms with Crippen molar-refractivity contribution in [3.8, 4) is 0 Å². The predicted molar refractivity (Wildman–Crippen MR) is 76.9 cm³/mol. The first-order chi connectivity index (χ1) is 9.59. The van der Waals surface area contributed by atoms with E-state index in [-0.39, 0.29) is 18.0 Å². The highest BCUT2D eigenvalue weighted by molar-refractivity contribution is 5.19. The fourth-order valence-electron chi connectivity index (χ4n) is 3.00. The summed E-state index contributed by atoms with van der Waals surface area (Å²) in [6.45, 7) is 0.650. The lowest BCUT2D eigenvalue weighted by molar-refractivity contribution is 0.0251. The first kappa shape index (κ1) is 15.4. The van der Waals surface area contributed by atoms with Crippen molar-refractivity contribution in [2.75, 3.05) is 13.6 Å². The topological polar surface area (TPSA) is 43.7 Å². The molecule has 0 bridgehead atoms. The van der Waals surface area contributed by atoms with E-state index >= 15 is 0 Å². The van der Waals surface area contributed by atoms with Crippen LogP contribution in [-0.4, -0.2) is 40.9 Å². The van der Waals surface area contributed by atoms with E-state index in [1.165, 1.54) is 6.07 Å². The molecule has 0 radical (unpaired) electrons. The lowest BCUT2D eigenvalue weighted by atomic mass is 9.91. The lowest BCUT2D eigenvalue weighted by Gasteiger charge is -2.35. The highest BCUT2D eigenvalue weighted by Crippen LogP contribution is 2.24. The molecule has 1 saturated carbocycles. The largest absolute Gasteiger partial charge is 0.391 e. The van der Waals surface area contributed by atoms with Crippen molar-refractivity contribution >= 4 is 0 Å². The van der Waals surface area contributed by atoms with E-state index in [1.54, 1.807) is 18.2 Å². The third-order valence-electron chi connectivity index (χ3n) is 4.28. The number of aliphatic hydroxyl groups is 2. The van der Waals surface area contributed by atoms with E-state index in [9.17, 15) is 14.6 Å². The Hall–Kier alpha value is -0.970. The maximum atomic E-state index is 13.6. The molecule has 2 N–H and O–H groups in total. The van der Waals surface area contributed by atoms with Crippen LogP contribution >= 0.6 is 0 Å². The summed E-state index contributed by atoms with van der Waals surface area (Å²) in [5.41, 5.74) is 0.352. The van der Waals surface area contributed by atoms with Gasteiger partial charge < -0.3 is 15.1 Å². The van der Waals surface area contributed by atoms with Crippen LogP contribution < -0.4 is 0 Å². The Balaban J connectivity index is 1.86. The first-order valence-corrected chi connectivity index (χ1v) is 7.40. The van der Waals surface area contributed by atoms with Gasteiger partial charge in [0.2, 0.25) is 0 Å². The van der Waals surface area contributed by atoms with Crippen LogP contribution in [0.5, 0.6) is 0 Å². The Labute approximate surface area is 120 Å². The van der Waals surface area contributed by atoms with E-state index in [2.05, 4.69) is 4.90 Å². The maximum Gasteiger partial charge on any atom is 0.128 e. The average Bonchev–Trinajstić information content (AvgIpc) is 2.45. The molecule has 1 fully saturated rings. The fraction of sp³-hybridized carbons (Fsp3) is 0.625. The minimum absolute atomic E-state index is 0.163. The SMILES string of the molecule is CN(CCC(O)c1ccccc1F)C1CCCCC1O. The molecule has 112 valence electrons. The summed E-state index contributed by atoms with van der Waals surface area (Å²) in [4.78, 5) is 2.09. The molecule has 3 unspecified atom stereocenters. The van der Waals surface area contributed by atoms with E-state index in [1.807, 2.05) is 7.05 Å². The second-order valence-electron chi connectivity index (χ2n) is 5.73. The van der Waals surface area contributed by atoms with E-state index in [0.717, 1.165) is 25.7 Å². The van der Waals surface area contributed by atoms with Crippen LogP contribution in [-0.2, 0) is 0 Å². The van der Waals surface area contributed by atoms with Gasteiger partial charge in [-0.3, -0.25) is 0 Å². The number of likely N-dealkylation sites (N-methyl/N-ethyl adjacent to an activating group) is 1. The summed E-state index contributed by atoms with van der Waals surface area (Å²) >= 11 is 0. The first-order valence-electron chi connectivity index (χ1n) is 7.40. The van der Waals surface area contributed by atoms with Gasteiger partial charge in [-0.15, -0.1) is 0 Å². The quantitative estimate of drug-likeness (QED) is 0.871. The second kappa shape index (κ2) is 7.16. The molecule has 3 atom stereocenters. The monoisotopic (exact) mass is 281 g/mol. The minimum Gasteiger partial charge on any atom is -0.391 e. The standard InChI is InChI=1S/C16H24FNO2/c1-18(14-8-4-5-9-16(14)20)11-10-15(19)12-6-2-3-7-13(12)17/h2-3,6-7,14-16,19-20H,4-5,8-11H2,1H3. The van der Waals surface area contributed by atoms with Crippen molar-refractivity contribution in [3.05, 3.63) is 35.6 Å². The molecule has 0 aliphatic heterocycles. The molecule has 0 spiro atoms. The summed E-state index contributed by atoms with van der Waals surface area (Å²) in [5, 5.41) is 20.1. The van der Waals surface area contributed by atoms with Crippen LogP contribution in [0.3, 0.4) is 0 Å². The van der Waals surface area contributed by atoms with E-state index in [0.29, 0.717) is 18.5 Å². The van der Waals surface area contributed by atoms with Gasteiger partial charge >= 0.3 is 0 Å². The summed E-state index contributed by atoms with van der Waals surface area (Å²) < 4.78 is 13.6.